The van der Waals surface area contributed by atoms with Gasteiger partial charge in [-0.2, -0.15) is 0 Å². The molecule has 0 spiro atoms. The van der Waals surface area contributed by atoms with Gasteiger partial charge in [-0.3, -0.25) is 0 Å². The molecule has 2 fully saturated rings. The van der Waals surface area contributed by atoms with Gasteiger partial charge < -0.3 is 15.0 Å². The average molecular weight is 353 g/mol. The van der Waals surface area contributed by atoms with Gasteiger partial charge in [-0.05, 0) is 50.3 Å². The zero-order chi connectivity index (χ0) is 14.7. The van der Waals surface area contributed by atoms with Crippen molar-refractivity contribution in [1.82, 2.24) is 5.32 Å². The standard InChI is InChI=1S/C17H25BrN2O/c1-2-21-16-7-9-20(10-8-16)15-6-3-13(17(18)11-15)12-19-14-4-5-14/h3,6,11,14,16,19H,2,4-5,7-10,12H2,1H3. The fourth-order valence-corrected chi connectivity index (χ4v) is 3.44. The molecule has 0 radical (unpaired) electrons. The first-order valence-corrected chi connectivity index (χ1v) is 8.94. The first-order chi connectivity index (χ1) is 10.3. The van der Waals surface area contributed by atoms with Gasteiger partial charge in [0, 0.05) is 42.4 Å². The van der Waals surface area contributed by atoms with Crippen LogP contribution in [0.1, 0.15) is 38.2 Å². The van der Waals surface area contributed by atoms with Crippen molar-refractivity contribution >= 4 is 21.6 Å². The lowest BCUT2D eigenvalue weighted by molar-refractivity contribution is 0.0459. The molecule has 3 nitrogen and oxygen atoms in total. The Morgan fingerprint density at radius 3 is 2.62 bits per heavy atom. The Kier molecular flexibility index (Phi) is 5.19. The minimum Gasteiger partial charge on any atom is -0.378 e. The monoisotopic (exact) mass is 352 g/mol. The summed E-state index contributed by atoms with van der Waals surface area (Å²) in [6, 6.07) is 7.54. The lowest BCUT2D eigenvalue weighted by Crippen LogP contribution is -2.37. The van der Waals surface area contributed by atoms with E-state index < -0.39 is 0 Å². The van der Waals surface area contributed by atoms with Crippen LogP contribution in [0.4, 0.5) is 5.69 Å². The molecule has 116 valence electrons. The van der Waals surface area contributed by atoms with Crippen LogP contribution in [0, 0.1) is 0 Å². The Morgan fingerprint density at radius 2 is 2.00 bits per heavy atom. The maximum absolute atomic E-state index is 5.73. The number of piperidine rings is 1. The Labute approximate surface area is 136 Å². The van der Waals surface area contributed by atoms with Crippen LogP contribution < -0.4 is 10.2 Å². The number of hydrogen-bond acceptors (Lipinski definition) is 3. The molecule has 1 N–H and O–H groups in total. The maximum Gasteiger partial charge on any atom is 0.0608 e. The van der Waals surface area contributed by atoms with Gasteiger partial charge in [-0.15, -0.1) is 0 Å². The minimum atomic E-state index is 0.455. The summed E-state index contributed by atoms with van der Waals surface area (Å²) in [6.07, 6.45) is 5.40. The van der Waals surface area contributed by atoms with E-state index in [2.05, 4.69) is 51.3 Å². The third-order valence-electron chi connectivity index (χ3n) is 4.40. The van der Waals surface area contributed by atoms with E-state index >= 15 is 0 Å². The highest BCUT2D eigenvalue weighted by molar-refractivity contribution is 9.10. The van der Waals surface area contributed by atoms with E-state index in [0.29, 0.717) is 6.10 Å². The molecular weight excluding hydrogens is 328 g/mol. The van der Waals surface area contributed by atoms with Gasteiger partial charge in [0.25, 0.3) is 0 Å². The molecule has 0 unspecified atom stereocenters. The van der Waals surface area contributed by atoms with Crippen LogP contribution in [0.5, 0.6) is 0 Å². The molecule has 4 heteroatoms. The fourth-order valence-electron chi connectivity index (χ4n) is 2.93. The summed E-state index contributed by atoms with van der Waals surface area (Å²) in [7, 11) is 0. The zero-order valence-electron chi connectivity index (χ0n) is 12.8. The Balaban J connectivity index is 1.57. The highest BCUT2D eigenvalue weighted by Gasteiger charge is 2.21. The average Bonchev–Trinajstić information content (AvgIpc) is 3.31. The third kappa shape index (κ3) is 4.21. The van der Waals surface area contributed by atoms with E-state index in [1.807, 2.05) is 0 Å². The smallest absolute Gasteiger partial charge is 0.0608 e. The van der Waals surface area contributed by atoms with Crippen molar-refractivity contribution in [2.75, 3.05) is 24.6 Å². The lowest BCUT2D eigenvalue weighted by atomic mass is 10.1. The van der Waals surface area contributed by atoms with E-state index in [1.54, 1.807) is 0 Å². The molecule has 2 aliphatic rings. The highest BCUT2D eigenvalue weighted by atomic mass is 79.9. The summed E-state index contributed by atoms with van der Waals surface area (Å²) >= 11 is 3.73. The molecule has 0 bridgehead atoms. The van der Waals surface area contributed by atoms with Crippen LogP contribution in [-0.2, 0) is 11.3 Å². The van der Waals surface area contributed by atoms with Crippen molar-refractivity contribution in [2.24, 2.45) is 0 Å². The van der Waals surface area contributed by atoms with E-state index in [4.69, 9.17) is 4.74 Å². The number of benzene rings is 1. The van der Waals surface area contributed by atoms with Crippen LogP contribution in [0.15, 0.2) is 22.7 Å². The SMILES string of the molecule is CCOC1CCN(c2ccc(CNC3CC3)c(Br)c2)CC1. The summed E-state index contributed by atoms with van der Waals surface area (Å²) in [5.41, 5.74) is 2.68. The topological polar surface area (TPSA) is 24.5 Å². The summed E-state index contributed by atoms with van der Waals surface area (Å²) in [4.78, 5) is 2.47. The van der Waals surface area contributed by atoms with Gasteiger partial charge in [0.2, 0.25) is 0 Å². The maximum atomic E-state index is 5.73. The number of nitrogens with zero attached hydrogens (tertiary/aromatic N) is 1. The molecule has 1 aromatic rings. The van der Waals surface area contributed by atoms with Crippen LogP contribution in [0.25, 0.3) is 0 Å². The molecule has 1 saturated heterocycles. The highest BCUT2D eigenvalue weighted by Crippen LogP contribution is 2.28. The number of anilines is 1. The molecule has 1 aliphatic heterocycles. The summed E-state index contributed by atoms with van der Waals surface area (Å²) in [6.45, 7) is 6.07. The van der Waals surface area contributed by atoms with Crippen molar-refractivity contribution < 1.29 is 4.74 Å². The van der Waals surface area contributed by atoms with Gasteiger partial charge in [0.1, 0.15) is 0 Å². The molecule has 1 saturated carbocycles. The summed E-state index contributed by atoms with van der Waals surface area (Å²) in [5, 5.41) is 3.57. The van der Waals surface area contributed by atoms with Crippen LogP contribution in [0.2, 0.25) is 0 Å². The van der Waals surface area contributed by atoms with Crippen LogP contribution >= 0.6 is 15.9 Å². The van der Waals surface area contributed by atoms with Crippen LogP contribution in [-0.4, -0.2) is 31.8 Å². The van der Waals surface area contributed by atoms with Crippen LogP contribution in [0.3, 0.4) is 0 Å². The molecule has 1 aromatic carbocycles. The summed E-state index contributed by atoms with van der Waals surface area (Å²) < 4.78 is 6.95. The molecule has 0 aromatic heterocycles. The quantitative estimate of drug-likeness (QED) is 0.844. The predicted octanol–water partition coefficient (Wildman–Crippen LogP) is 3.71. The van der Waals surface area contributed by atoms with Crippen molar-refractivity contribution in [3.05, 3.63) is 28.2 Å². The predicted molar refractivity (Wildman–Crippen MR) is 90.9 cm³/mol. The molecule has 21 heavy (non-hydrogen) atoms. The largest absolute Gasteiger partial charge is 0.378 e. The second-order valence-electron chi connectivity index (χ2n) is 6.07. The van der Waals surface area contributed by atoms with E-state index in [-0.39, 0.29) is 0 Å². The van der Waals surface area contributed by atoms with Gasteiger partial charge in [0.05, 0.1) is 6.10 Å². The van der Waals surface area contributed by atoms with Crippen molar-refractivity contribution in [2.45, 2.75) is 51.3 Å². The molecule has 1 heterocycles. The molecule has 3 rings (SSSR count). The van der Waals surface area contributed by atoms with Gasteiger partial charge in [-0.25, -0.2) is 0 Å². The van der Waals surface area contributed by atoms with E-state index in [0.717, 1.165) is 45.1 Å². The number of rotatable bonds is 6. The number of nitrogens with one attached hydrogen (secondary N) is 1. The Hall–Kier alpha value is -0.580. The van der Waals surface area contributed by atoms with Crippen molar-refractivity contribution in [1.29, 1.82) is 0 Å². The first kappa shape index (κ1) is 15.3. The normalized spacial score (nSPS) is 20.0. The number of halogens is 1. The molecule has 1 aliphatic carbocycles. The van der Waals surface area contributed by atoms with Gasteiger partial charge >= 0.3 is 0 Å². The van der Waals surface area contributed by atoms with Crippen molar-refractivity contribution in [3.8, 4) is 0 Å². The summed E-state index contributed by atoms with van der Waals surface area (Å²) in [5.74, 6) is 0. The second-order valence-corrected chi connectivity index (χ2v) is 6.93. The fraction of sp³-hybridized carbons (Fsp3) is 0.647. The first-order valence-electron chi connectivity index (χ1n) is 8.14. The van der Waals surface area contributed by atoms with Gasteiger partial charge in [0.15, 0.2) is 0 Å². The molecule has 0 amide bonds. The number of ether oxygens (including phenoxy) is 1. The zero-order valence-corrected chi connectivity index (χ0v) is 14.4. The second kappa shape index (κ2) is 7.12. The Morgan fingerprint density at radius 1 is 1.24 bits per heavy atom. The molecular formula is C17H25BrN2O. The minimum absolute atomic E-state index is 0.455. The third-order valence-corrected chi connectivity index (χ3v) is 5.14. The van der Waals surface area contributed by atoms with Crippen molar-refractivity contribution in [3.63, 3.8) is 0 Å². The number of hydrogen-bond donors (Lipinski definition) is 1. The van der Waals surface area contributed by atoms with E-state index in [1.165, 1.54) is 28.6 Å². The lowest BCUT2D eigenvalue weighted by Gasteiger charge is -2.33. The van der Waals surface area contributed by atoms with E-state index in [9.17, 15) is 0 Å². The Bertz CT molecular complexity index is 468. The molecule has 0 atom stereocenters. The van der Waals surface area contributed by atoms with Gasteiger partial charge in [-0.1, -0.05) is 22.0 Å².